The normalized spacial score (nSPS) is 21.5. The number of benzene rings is 2. The number of rotatable bonds is 7. The van der Waals surface area contributed by atoms with Crippen LogP contribution in [0.1, 0.15) is 41.3 Å². The molecule has 7 heteroatoms. The van der Waals surface area contributed by atoms with Crippen LogP contribution in [0, 0.1) is 5.82 Å². The fourth-order valence-electron chi connectivity index (χ4n) is 4.83. The van der Waals surface area contributed by atoms with Gasteiger partial charge in [0.15, 0.2) is 5.78 Å². The number of piperidine rings is 1. The van der Waals surface area contributed by atoms with Gasteiger partial charge in [-0.25, -0.2) is 4.39 Å². The number of hydrogen-bond donors (Lipinski definition) is 1. The monoisotopic (exact) mass is 511 g/mol. The fraction of sp³-hybridized carbons (Fsp3) is 0.414. The van der Waals surface area contributed by atoms with Crippen molar-refractivity contribution in [3.8, 4) is 0 Å². The molecule has 2 saturated heterocycles. The number of halogens is 2. The number of carbonyl (C=O) groups excluding carboxylic acids is 1. The minimum Gasteiger partial charge on any atom is -0.386 e. The summed E-state index contributed by atoms with van der Waals surface area (Å²) >= 11 is 6.23. The highest BCUT2D eigenvalue weighted by Crippen LogP contribution is 2.26. The predicted octanol–water partition coefficient (Wildman–Crippen LogP) is 4.85. The molecule has 0 unspecified atom stereocenters. The highest BCUT2D eigenvalue weighted by atomic mass is 35.5. The van der Waals surface area contributed by atoms with Gasteiger partial charge in [0.1, 0.15) is 5.82 Å². The summed E-state index contributed by atoms with van der Waals surface area (Å²) < 4.78 is 13.2. The average Bonchev–Trinajstić information content (AvgIpc) is 2.86. The van der Waals surface area contributed by atoms with Crippen molar-refractivity contribution in [2.45, 2.75) is 38.0 Å². The van der Waals surface area contributed by atoms with Crippen molar-refractivity contribution in [1.82, 2.24) is 14.7 Å². The van der Waals surface area contributed by atoms with Crippen molar-refractivity contribution in [1.29, 1.82) is 0 Å². The van der Waals surface area contributed by atoms with E-state index in [9.17, 15) is 14.3 Å². The van der Waals surface area contributed by atoms with Gasteiger partial charge in [0.25, 0.3) is 0 Å². The molecule has 192 valence electrons. The third-order valence-electron chi connectivity index (χ3n) is 7.20. The number of piperazine rings is 1. The molecule has 2 aromatic rings. The molecule has 0 aliphatic carbocycles. The van der Waals surface area contributed by atoms with Gasteiger partial charge in [-0.15, -0.1) is 0 Å². The summed E-state index contributed by atoms with van der Waals surface area (Å²) in [5.74, 6) is -0.314. The largest absolute Gasteiger partial charge is 0.386 e. The van der Waals surface area contributed by atoms with Crippen LogP contribution in [0.25, 0.3) is 6.08 Å². The topological polar surface area (TPSA) is 47.0 Å². The standard InChI is InChI=1S/C29H35ClFN3O2/c1-22-20-33(21-23-3-6-26(31)7-4-23)17-18-34(22)14-10-28(35)27-8-5-25(30)19-24(27)9-11-29(36)12-15-32(2)16-13-29/h3-11,14,19,22,36H,12-13,15-18,20-21H2,1-2H3/b11-9+,14-10+/t22-/m1/s1. The van der Waals surface area contributed by atoms with E-state index in [2.05, 4.69) is 28.7 Å². The summed E-state index contributed by atoms with van der Waals surface area (Å²) in [6, 6.07) is 12.1. The number of carbonyl (C=O) groups is 1. The van der Waals surface area contributed by atoms with Crippen LogP contribution in [0.15, 0.2) is 60.8 Å². The first kappa shape index (κ1) is 26.6. The predicted molar refractivity (Wildman–Crippen MR) is 143 cm³/mol. The lowest BCUT2D eigenvalue weighted by Gasteiger charge is -2.39. The molecule has 0 radical (unpaired) electrons. The highest BCUT2D eigenvalue weighted by Gasteiger charge is 2.28. The van der Waals surface area contributed by atoms with Crippen molar-refractivity contribution in [2.24, 2.45) is 0 Å². The SMILES string of the molecule is C[C@@H]1CN(Cc2ccc(F)cc2)CCN1/C=C/C(=O)c1ccc(Cl)cc1/C=C/C1(O)CCN(C)CC1. The molecular formula is C29H35ClFN3O2. The molecule has 1 N–H and O–H groups in total. The minimum absolute atomic E-state index is 0.0948. The molecule has 2 aliphatic heterocycles. The maximum atomic E-state index is 13.2. The van der Waals surface area contributed by atoms with E-state index in [0.717, 1.165) is 44.8 Å². The van der Waals surface area contributed by atoms with Crippen LogP contribution in [0.5, 0.6) is 0 Å². The molecule has 2 aromatic carbocycles. The van der Waals surface area contributed by atoms with Gasteiger partial charge in [0.05, 0.1) is 5.60 Å². The Morgan fingerprint density at radius 3 is 2.56 bits per heavy atom. The first-order chi connectivity index (χ1) is 17.2. The van der Waals surface area contributed by atoms with Gasteiger partial charge >= 0.3 is 0 Å². The highest BCUT2D eigenvalue weighted by molar-refractivity contribution is 6.31. The van der Waals surface area contributed by atoms with Crippen LogP contribution in [-0.4, -0.2) is 77.0 Å². The van der Waals surface area contributed by atoms with Crippen molar-refractivity contribution in [3.05, 3.63) is 88.3 Å². The Morgan fingerprint density at radius 2 is 1.86 bits per heavy atom. The van der Waals surface area contributed by atoms with Gasteiger partial charge in [-0.05, 0) is 68.3 Å². The third-order valence-corrected chi connectivity index (χ3v) is 7.44. The van der Waals surface area contributed by atoms with E-state index < -0.39 is 5.60 Å². The second kappa shape index (κ2) is 11.7. The zero-order valence-electron chi connectivity index (χ0n) is 21.0. The first-order valence-corrected chi connectivity index (χ1v) is 12.9. The number of hydrogen-bond acceptors (Lipinski definition) is 5. The molecule has 0 amide bonds. The molecule has 0 bridgehead atoms. The lowest BCUT2D eigenvalue weighted by Crippen LogP contribution is -2.49. The summed E-state index contributed by atoms with van der Waals surface area (Å²) in [6.45, 7) is 7.12. The Balaban J connectivity index is 1.39. The van der Waals surface area contributed by atoms with E-state index in [1.54, 1.807) is 24.3 Å². The molecule has 4 rings (SSSR count). The van der Waals surface area contributed by atoms with Crippen molar-refractivity contribution >= 4 is 23.5 Å². The first-order valence-electron chi connectivity index (χ1n) is 12.6. The Kier molecular flexibility index (Phi) is 8.62. The molecule has 0 aromatic heterocycles. The van der Waals surface area contributed by atoms with Crippen LogP contribution < -0.4 is 0 Å². The maximum absolute atomic E-state index is 13.2. The van der Waals surface area contributed by atoms with Gasteiger partial charge in [0.2, 0.25) is 0 Å². The van der Waals surface area contributed by atoms with Crippen LogP contribution in [-0.2, 0) is 6.54 Å². The summed E-state index contributed by atoms with van der Waals surface area (Å²) in [7, 11) is 2.05. The molecule has 0 saturated carbocycles. The van der Waals surface area contributed by atoms with E-state index in [4.69, 9.17) is 11.6 Å². The molecule has 2 heterocycles. The molecule has 0 spiro atoms. The zero-order chi connectivity index (χ0) is 25.7. The van der Waals surface area contributed by atoms with E-state index >= 15 is 0 Å². The van der Waals surface area contributed by atoms with E-state index in [-0.39, 0.29) is 17.6 Å². The van der Waals surface area contributed by atoms with Crippen molar-refractivity contribution in [2.75, 3.05) is 39.8 Å². The molecule has 1 atom stereocenters. The Bertz CT molecular complexity index is 1110. The van der Waals surface area contributed by atoms with Crippen LogP contribution in [0.2, 0.25) is 5.02 Å². The van der Waals surface area contributed by atoms with E-state index in [1.807, 2.05) is 30.5 Å². The molecule has 2 fully saturated rings. The quantitative estimate of drug-likeness (QED) is 0.425. The van der Waals surface area contributed by atoms with Gasteiger partial charge < -0.3 is 14.9 Å². The summed E-state index contributed by atoms with van der Waals surface area (Å²) in [5, 5.41) is 11.5. The Morgan fingerprint density at radius 1 is 1.14 bits per heavy atom. The summed E-state index contributed by atoms with van der Waals surface area (Å²) in [4.78, 5) is 19.9. The number of aliphatic hydroxyl groups is 1. The second-order valence-corrected chi connectivity index (χ2v) is 10.5. The number of allylic oxidation sites excluding steroid dienone is 1. The molecule has 36 heavy (non-hydrogen) atoms. The summed E-state index contributed by atoms with van der Waals surface area (Å²) in [6.07, 6.45) is 8.47. The minimum atomic E-state index is -0.867. The van der Waals surface area contributed by atoms with E-state index in [1.165, 1.54) is 12.1 Å². The van der Waals surface area contributed by atoms with Crippen molar-refractivity contribution < 1.29 is 14.3 Å². The fourth-order valence-corrected chi connectivity index (χ4v) is 5.01. The van der Waals surface area contributed by atoms with Gasteiger partial charge in [-0.3, -0.25) is 9.69 Å². The Labute approximate surface area is 218 Å². The lowest BCUT2D eigenvalue weighted by atomic mass is 9.90. The average molecular weight is 512 g/mol. The second-order valence-electron chi connectivity index (χ2n) is 10.1. The summed E-state index contributed by atoms with van der Waals surface area (Å²) in [5.41, 5.74) is 1.50. The maximum Gasteiger partial charge on any atom is 0.187 e. The van der Waals surface area contributed by atoms with E-state index in [0.29, 0.717) is 29.0 Å². The van der Waals surface area contributed by atoms with Crippen molar-refractivity contribution in [3.63, 3.8) is 0 Å². The number of ketones is 1. The van der Waals surface area contributed by atoms with Gasteiger partial charge in [-0.2, -0.15) is 0 Å². The van der Waals surface area contributed by atoms with Crippen LogP contribution in [0.3, 0.4) is 0 Å². The third kappa shape index (κ3) is 7.04. The molecule has 5 nitrogen and oxygen atoms in total. The Hall–Kier alpha value is -2.51. The molecular weight excluding hydrogens is 477 g/mol. The van der Waals surface area contributed by atoms with Crippen LogP contribution >= 0.6 is 11.6 Å². The van der Waals surface area contributed by atoms with Gasteiger partial charge in [-0.1, -0.05) is 35.9 Å². The lowest BCUT2D eigenvalue weighted by molar-refractivity contribution is 0.0272. The molecule has 2 aliphatic rings. The van der Waals surface area contributed by atoms with Crippen LogP contribution in [0.4, 0.5) is 4.39 Å². The zero-order valence-corrected chi connectivity index (χ0v) is 21.8. The smallest absolute Gasteiger partial charge is 0.187 e. The number of likely N-dealkylation sites (tertiary alicyclic amines) is 1. The van der Waals surface area contributed by atoms with Gasteiger partial charge in [0, 0.05) is 68.2 Å². The number of nitrogens with zero attached hydrogens (tertiary/aromatic N) is 3.